The van der Waals surface area contributed by atoms with Crippen molar-refractivity contribution in [2.45, 2.75) is 6.54 Å². The van der Waals surface area contributed by atoms with Crippen LogP contribution in [-0.2, 0) is 16.1 Å². The Balaban J connectivity index is 1.34. The van der Waals surface area contributed by atoms with Crippen LogP contribution in [0.15, 0.2) is 109 Å². The van der Waals surface area contributed by atoms with Crippen LogP contribution in [0.3, 0.4) is 0 Å². The van der Waals surface area contributed by atoms with Gasteiger partial charge in [-0.3, -0.25) is 14.6 Å². The molecule has 1 heterocycles. The number of aromatic nitrogens is 1. The van der Waals surface area contributed by atoms with Gasteiger partial charge in [0.15, 0.2) is 23.1 Å². The molecule has 3 N–H and O–H groups in total. The number of halogens is 2. The fourth-order valence-corrected chi connectivity index (χ4v) is 4.35. The minimum absolute atomic E-state index is 0.0828. The van der Waals surface area contributed by atoms with Gasteiger partial charge >= 0.3 is 0 Å². The summed E-state index contributed by atoms with van der Waals surface area (Å²) in [6, 6.07) is 23.3. The van der Waals surface area contributed by atoms with E-state index in [1.807, 2.05) is 30.3 Å². The third-order valence-corrected chi connectivity index (χ3v) is 6.60. The summed E-state index contributed by atoms with van der Waals surface area (Å²) in [5.74, 6) is -1.64. The largest absolute Gasteiger partial charge is 0.493 e. The van der Waals surface area contributed by atoms with Crippen molar-refractivity contribution in [3.63, 3.8) is 0 Å². The number of hydrogen-bond donors (Lipinski definition) is 3. The molecule has 228 valence electrons. The Hall–Kier alpha value is -5.97. The highest BCUT2D eigenvalue weighted by Gasteiger charge is 2.20. The Labute approximate surface area is 257 Å². The minimum atomic E-state index is -0.801. The normalized spacial score (nSPS) is 11.1. The number of ether oxygens (including phenoxy) is 3. The third-order valence-electron chi connectivity index (χ3n) is 6.60. The van der Waals surface area contributed by atoms with Crippen LogP contribution in [0.5, 0.6) is 23.0 Å². The van der Waals surface area contributed by atoms with Crippen molar-refractivity contribution in [1.82, 2.24) is 10.3 Å². The zero-order valence-electron chi connectivity index (χ0n) is 24.3. The van der Waals surface area contributed by atoms with Crippen molar-refractivity contribution >= 4 is 34.1 Å². The molecular formula is C34H28F2N4O5. The first-order valence-electron chi connectivity index (χ1n) is 13.7. The van der Waals surface area contributed by atoms with Gasteiger partial charge in [-0.1, -0.05) is 30.3 Å². The molecule has 0 aliphatic heterocycles. The second-order valence-electron chi connectivity index (χ2n) is 9.62. The van der Waals surface area contributed by atoms with Gasteiger partial charge < -0.3 is 30.2 Å². The first-order chi connectivity index (χ1) is 21.8. The predicted molar refractivity (Wildman–Crippen MR) is 166 cm³/mol. The van der Waals surface area contributed by atoms with Crippen LogP contribution < -0.4 is 30.2 Å². The molecule has 5 rings (SSSR count). The molecule has 9 nitrogen and oxygen atoms in total. The standard InChI is InChI=1S/C34H28F2N4O5/c1-43-31-17-25-28(18-32(31)44-2)38-15-14-29(25)45-30-13-12-24(16-27(30)36)40-34(42)26(20-37-19-21-6-4-3-5-7-21)33(41)39-23-10-8-22(35)9-11-23/h3-18,20,37H,19H2,1-2H3,(H,39,41)(H,40,42)/b26-20+. The quantitative estimate of drug-likeness (QED) is 0.0881. The molecule has 2 amide bonds. The van der Waals surface area contributed by atoms with Crippen molar-refractivity contribution in [2.24, 2.45) is 0 Å². The van der Waals surface area contributed by atoms with E-state index in [0.29, 0.717) is 34.7 Å². The highest BCUT2D eigenvalue weighted by atomic mass is 19.1. The van der Waals surface area contributed by atoms with Crippen molar-refractivity contribution in [2.75, 3.05) is 24.9 Å². The number of rotatable bonds is 11. The van der Waals surface area contributed by atoms with E-state index in [9.17, 15) is 14.0 Å². The lowest BCUT2D eigenvalue weighted by atomic mass is 10.1. The maximum Gasteiger partial charge on any atom is 0.262 e. The number of hydrogen-bond acceptors (Lipinski definition) is 7. The zero-order valence-corrected chi connectivity index (χ0v) is 24.3. The molecule has 45 heavy (non-hydrogen) atoms. The second kappa shape index (κ2) is 14.0. The lowest BCUT2D eigenvalue weighted by molar-refractivity contribution is -0.118. The average Bonchev–Trinajstić information content (AvgIpc) is 3.05. The van der Waals surface area contributed by atoms with Crippen LogP contribution in [0.25, 0.3) is 10.9 Å². The van der Waals surface area contributed by atoms with Gasteiger partial charge in [0.25, 0.3) is 11.8 Å². The van der Waals surface area contributed by atoms with Gasteiger partial charge in [0.05, 0.1) is 19.7 Å². The van der Waals surface area contributed by atoms with Crippen LogP contribution in [0.4, 0.5) is 20.2 Å². The Morgan fingerprint density at radius 3 is 2.11 bits per heavy atom. The first kappa shape index (κ1) is 30.5. The van der Waals surface area contributed by atoms with Crippen LogP contribution in [0.1, 0.15) is 5.56 Å². The van der Waals surface area contributed by atoms with Crippen LogP contribution in [0.2, 0.25) is 0 Å². The molecule has 0 fully saturated rings. The van der Waals surface area contributed by atoms with Crippen LogP contribution in [-0.4, -0.2) is 31.0 Å². The number of fused-ring (bicyclic) bond motifs is 1. The Kier molecular flexibility index (Phi) is 9.49. The summed E-state index contributed by atoms with van der Waals surface area (Å²) in [6.07, 6.45) is 2.79. The highest BCUT2D eigenvalue weighted by molar-refractivity contribution is 6.26. The Morgan fingerprint density at radius 2 is 1.42 bits per heavy atom. The second-order valence-corrected chi connectivity index (χ2v) is 9.62. The third kappa shape index (κ3) is 7.52. The number of benzene rings is 4. The van der Waals surface area contributed by atoms with E-state index in [1.54, 1.807) is 18.2 Å². The van der Waals surface area contributed by atoms with E-state index in [-0.39, 0.29) is 22.7 Å². The van der Waals surface area contributed by atoms with Gasteiger partial charge in [-0.25, -0.2) is 8.78 Å². The van der Waals surface area contributed by atoms with E-state index >= 15 is 4.39 Å². The molecule has 4 aromatic carbocycles. The van der Waals surface area contributed by atoms with Gasteiger partial charge in [-0.05, 0) is 54.1 Å². The molecule has 0 bridgehead atoms. The number of carbonyl (C=O) groups excluding carboxylic acids is 2. The SMILES string of the molecule is COc1cc2nccc(Oc3ccc(NC(=O)/C(=C/NCc4ccccc4)C(=O)Nc4ccc(F)cc4)cc3F)c2cc1OC. The number of methoxy groups -OCH3 is 2. The number of carbonyl (C=O) groups is 2. The number of pyridine rings is 1. The molecular weight excluding hydrogens is 582 g/mol. The summed E-state index contributed by atoms with van der Waals surface area (Å²) in [7, 11) is 3.01. The molecule has 0 unspecified atom stereocenters. The lowest BCUT2D eigenvalue weighted by Crippen LogP contribution is -2.27. The summed E-state index contributed by atoms with van der Waals surface area (Å²) in [5.41, 5.74) is 1.55. The summed E-state index contributed by atoms with van der Waals surface area (Å²) in [4.78, 5) is 30.7. The minimum Gasteiger partial charge on any atom is -0.493 e. The monoisotopic (exact) mass is 610 g/mol. The molecule has 0 saturated heterocycles. The Bertz CT molecular complexity index is 1870. The van der Waals surface area contributed by atoms with Gasteiger partial charge in [0.2, 0.25) is 0 Å². The average molecular weight is 611 g/mol. The van der Waals surface area contributed by atoms with Gasteiger partial charge in [-0.2, -0.15) is 0 Å². The van der Waals surface area contributed by atoms with Crippen molar-refractivity contribution < 1.29 is 32.6 Å². The van der Waals surface area contributed by atoms with E-state index in [1.165, 1.54) is 63.0 Å². The van der Waals surface area contributed by atoms with E-state index in [2.05, 4.69) is 20.9 Å². The number of amides is 2. The zero-order chi connectivity index (χ0) is 31.8. The Morgan fingerprint density at radius 1 is 0.756 bits per heavy atom. The van der Waals surface area contributed by atoms with Crippen molar-refractivity contribution in [3.8, 4) is 23.0 Å². The molecule has 0 spiro atoms. The van der Waals surface area contributed by atoms with Crippen LogP contribution >= 0.6 is 0 Å². The first-order valence-corrected chi connectivity index (χ1v) is 13.7. The molecule has 0 atom stereocenters. The molecule has 0 saturated carbocycles. The van der Waals surface area contributed by atoms with E-state index in [4.69, 9.17) is 14.2 Å². The highest BCUT2D eigenvalue weighted by Crippen LogP contribution is 2.37. The fourth-order valence-electron chi connectivity index (χ4n) is 4.35. The van der Waals surface area contributed by atoms with Gasteiger partial charge in [0.1, 0.15) is 17.1 Å². The molecule has 1 aromatic heterocycles. The van der Waals surface area contributed by atoms with E-state index in [0.717, 1.165) is 11.6 Å². The summed E-state index contributed by atoms with van der Waals surface area (Å²) < 4.78 is 45.2. The molecule has 0 radical (unpaired) electrons. The van der Waals surface area contributed by atoms with Gasteiger partial charge in [-0.15, -0.1) is 0 Å². The maximum atomic E-state index is 15.2. The van der Waals surface area contributed by atoms with Crippen LogP contribution in [0, 0.1) is 11.6 Å². The predicted octanol–water partition coefficient (Wildman–Crippen LogP) is 6.57. The molecule has 11 heteroatoms. The van der Waals surface area contributed by atoms with Crippen molar-refractivity contribution in [3.05, 3.63) is 126 Å². The smallest absolute Gasteiger partial charge is 0.262 e. The molecule has 0 aliphatic rings. The topological polar surface area (TPSA) is 111 Å². The summed E-state index contributed by atoms with van der Waals surface area (Å²) >= 11 is 0. The van der Waals surface area contributed by atoms with Gasteiger partial charge in [0, 0.05) is 47.8 Å². The number of nitrogens with one attached hydrogen (secondary N) is 3. The maximum absolute atomic E-state index is 15.2. The fraction of sp³-hybridized carbons (Fsp3) is 0.0882. The number of nitrogens with zero attached hydrogens (tertiary/aromatic N) is 1. The lowest BCUT2D eigenvalue weighted by Gasteiger charge is -2.14. The molecule has 5 aromatic rings. The van der Waals surface area contributed by atoms with E-state index < -0.39 is 23.4 Å². The van der Waals surface area contributed by atoms with Crippen molar-refractivity contribution in [1.29, 1.82) is 0 Å². The molecule has 0 aliphatic carbocycles. The number of anilines is 2. The summed E-state index contributed by atoms with van der Waals surface area (Å²) in [5, 5.41) is 8.65. The summed E-state index contributed by atoms with van der Waals surface area (Å²) in [6.45, 7) is 0.338.